The zero-order chi connectivity index (χ0) is 15.1. The van der Waals surface area contributed by atoms with Gasteiger partial charge < -0.3 is 20.1 Å². The number of likely N-dealkylation sites (tertiary alicyclic amines) is 1. The van der Waals surface area contributed by atoms with Crippen LogP contribution in [-0.2, 0) is 0 Å². The number of rotatable bonds is 8. The maximum atomic E-state index is 13.4. The third-order valence-electron chi connectivity index (χ3n) is 3.70. The summed E-state index contributed by atoms with van der Waals surface area (Å²) < 4.78 is 18.6. The molecule has 1 aromatic carbocycles. The third kappa shape index (κ3) is 5.61. The number of hydrogen-bond acceptors (Lipinski definition) is 4. The molecule has 0 amide bonds. The molecule has 1 aliphatic heterocycles. The highest BCUT2D eigenvalue weighted by atomic mass is 19.1. The zero-order valence-electron chi connectivity index (χ0n) is 12.6. The summed E-state index contributed by atoms with van der Waals surface area (Å²) in [4.78, 5) is 2.43. The van der Waals surface area contributed by atoms with E-state index in [0.29, 0.717) is 12.6 Å². The van der Waals surface area contributed by atoms with Crippen molar-refractivity contribution in [3.05, 3.63) is 30.1 Å². The molecular weight excluding hydrogens is 271 g/mol. The number of para-hydroxylation sites is 1. The van der Waals surface area contributed by atoms with Crippen molar-refractivity contribution in [2.75, 3.05) is 32.8 Å². The normalized spacial score (nSPS) is 18.6. The highest BCUT2D eigenvalue weighted by Crippen LogP contribution is 2.15. The van der Waals surface area contributed by atoms with Gasteiger partial charge in [-0.2, -0.15) is 0 Å². The van der Waals surface area contributed by atoms with Gasteiger partial charge in [0.25, 0.3) is 0 Å². The smallest absolute Gasteiger partial charge is 0.165 e. The summed E-state index contributed by atoms with van der Waals surface area (Å²) in [7, 11) is 0. The third-order valence-corrected chi connectivity index (χ3v) is 3.70. The van der Waals surface area contributed by atoms with Crippen LogP contribution in [0.4, 0.5) is 4.39 Å². The predicted octanol–water partition coefficient (Wildman–Crippen LogP) is 1.64. The first-order chi connectivity index (χ1) is 10.1. The molecule has 5 heteroatoms. The lowest BCUT2D eigenvalue weighted by Gasteiger charge is -2.22. The maximum Gasteiger partial charge on any atom is 0.165 e. The molecule has 0 aromatic heterocycles. The second kappa shape index (κ2) is 8.32. The highest BCUT2D eigenvalue weighted by molar-refractivity contribution is 5.23. The monoisotopic (exact) mass is 296 g/mol. The number of nitrogens with one attached hydrogen (secondary N) is 1. The molecular formula is C16H25FN2O2. The van der Waals surface area contributed by atoms with E-state index in [0.717, 1.165) is 6.54 Å². The Hall–Kier alpha value is -1.17. The number of aliphatic hydroxyl groups is 1. The molecule has 1 saturated heterocycles. The van der Waals surface area contributed by atoms with Crippen LogP contribution in [0.15, 0.2) is 24.3 Å². The zero-order valence-corrected chi connectivity index (χ0v) is 12.6. The number of benzene rings is 1. The summed E-state index contributed by atoms with van der Waals surface area (Å²) in [5, 5.41) is 13.2. The van der Waals surface area contributed by atoms with Crippen molar-refractivity contribution in [2.45, 2.75) is 31.9 Å². The summed E-state index contributed by atoms with van der Waals surface area (Å²) in [5.41, 5.74) is 0. The minimum absolute atomic E-state index is 0.0877. The first kappa shape index (κ1) is 16.2. The molecule has 2 atom stereocenters. The SMILES string of the molecule is CC(CN1CCCC1)NCC(O)COc1ccccc1F. The van der Waals surface area contributed by atoms with Crippen LogP contribution in [0.5, 0.6) is 5.75 Å². The van der Waals surface area contributed by atoms with E-state index < -0.39 is 11.9 Å². The molecule has 0 radical (unpaired) electrons. The Morgan fingerprint density at radius 3 is 2.76 bits per heavy atom. The number of ether oxygens (including phenoxy) is 1. The number of halogens is 1. The molecule has 21 heavy (non-hydrogen) atoms. The van der Waals surface area contributed by atoms with E-state index in [4.69, 9.17) is 4.74 Å². The molecule has 0 spiro atoms. The van der Waals surface area contributed by atoms with Gasteiger partial charge in [-0.15, -0.1) is 0 Å². The largest absolute Gasteiger partial charge is 0.488 e. The average Bonchev–Trinajstić information content (AvgIpc) is 2.97. The van der Waals surface area contributed by atoms with Crippen molar-refractivity contribution in [3.63, 3.8) is 0 Å². The molecule has 0 aliphatic carbocycles. The van der Waals surface area contributed by atoms with Crippen molar-refractivity contribution < 1.29 is 14.2 Å². The van der Waals surface area contributed by atoms with Crippen LogP contribution < -0.4 is 10.1 Å². The van der Waals surface area contributed by atoms with Crippen molar-refractivity contribution in [1.29, 1.82) is 0 Å². The van der Waals surface area contributed by atoms with Gasteiger partial charge in [0.2, 0.25) is 0 Å². The second-order valence-electron chi connectivity index (χ2n) is 5.71. The van der Waals surface area contributed by atoms with E-state index in [1.165, 1.54) is 32.0 Å². The van der Waals surface area contributed by atoms with Gasteiger partial charge in [0.1, 0.15) is 12.7 Å². The molecule has 2 N–H and O–H groups in total. The van der Waals surface area contributed by atoms with E-state index in [2.05, 4.69) is 17.1 Å². The van der Waals surface area contributed by atoms with Gasteiger partial charge in [-0.3, -0.25) is 0 Å². The van der Waals surface area contributed by atoms with Crippen LogP contribution in [0, 0.1) is 5.82 Å². The quantitative estimate of drug-likeness (QED) is 0.765. The van der Waals surface area contributed by atoms with Crippen LogP contribution in [0.3, 0.4) is 0 Å². The Morgan fingerprint density at radius 2 is 2.05 bits per heavy atom. The number of nitrogens with zero attached hydrogens (tertiary/aromatic N) is 1. The first-order valence-electron chi connectivity index (χ1n) is 7.66. The van der Waals surface area contributed by atoms with Crippen molar-refractivity contribution >= 4 is 0 Å². The fourth-order valence-corrected chi connectivity index (χ4v) is 2.56. The van der Waals surface area contributed by atoms with Crippen LogP contribution in [0.2, 0.25) is 0 Å². The van der Waals surface area contributed by atoms with E-state index in [9.17, 15) is 9.50 Å². The predicted molar refractivity (Wildman–Crippen MR) is 81.0 cm³/mol. The van der Waals surface area contributed by atoms with Crippen molar-refractivity contribution in [3.8, 4) is 5.75 Å². The Bertz CT molecular complexity index is 424. The minimum atomic E-state index is -0.648. The van der Waals surface area contributed by atoms with Gasteiger partial charge in [0, 0.05) is 19.1 Å². The Morgan fingerprint density at radius 1 is 1.33 bits per heavy atom. The average molecular weight is 296 g/mol. The van der Waals surface area contributed by atoms with Gasteiger partial charge >= 0.3 is 0 Å². The Kier molecular flexibility index (Phi) is 6.42. The molecule has 118 valence electrons. The first-order valence-corrected chi connectivity index (χ1v) is 7.66. The molecule has 2 rings (SSSR count). The van der Waals surface area contributed by atoms with Crippen LogP contribution >= 0.6 is 0 Å². The van der Waals surface area contributed by atoms with Crippen LogP contribution in [-0.4, -0.2) is 54.9 Å². The number of aliphatic hydroxyl groups excluding tert-OH is 1. The topological polar surface area (TPSA) is 44.7 Å². The van der Waals surface area contributed by atoms with Crippen molar-refractivity contribution in [1.82, 2.24) is 10.2 Å². The highest BCUT2D eigenvalue weighted by Gasteiger charge is 2.15. The maximum absolute atomic E-state index is 13.4. The van der Waals surface area contributed by atoms with Gasteiger partial charge in [-0.25, -0.2) is 4.39 Å². The lowest BCUT2D eigenvalue weighted by atomic mass is 10.3. The molecule has 1 fully saturated rings. The molecule has 2 unspecified atom stereocenters. The minimum Gasteiger partial charge on any atom is -0.488 e. The lowest BCUT2D eigenvalue weighted by Crippen LogP contribution is -2.42. The summed E-state index contributed by atoms with van der Waals surface area (Å²) in [6.45, 7) is 5.99. The lowest BCUT2D eigenvalue weighted by molar-refractivity contribution is 0.100. The van der Waals surface area contributed by atoms with E-state index >= 15 is 0 Å². The summed E-state index contributed by atoms with van der Waals surface area (Å²) in [6, 6.07) is 6.55. The fraction of sp³-hybridized carbons (Fsp3) is 0.625. The van der Waals surface area contributed by atoms with Crippen molar-refractivity contribution in [2.24, 2.45) is 0 Å². The standard InChI is InChI=1S/C16H25FN2O2/c1-13(11-19-8-4-5-9-19)18-10-14(20)12-21-16-7-3-2-6-15(16)17/h2-3,6-7,13-14,18,20H,4-5,8-12H2,1H3. The Balaban J connectivity index is 1.62. The molecule has 4 nitrogen and oxygen atoms in total. The second-order valence-corrected chi connectivity index (χ2v) is 5.71. The molecule has 1 aliphatic rings. The van der Waals surface area contributed by atoms with Gasteiger partial charge in [0.05, 0.1) is 0 Å². The van der Waals surface area contributed by atoms with Gasteiger partial charge in [-0.05, 0) is 45.0 Å². The molecule has 1 aromatic rings. The van der Waals surface area contributed by atoms with E-state index in [-0.39, 0.29) is 12.4 Å². The van der Waals surface area contributed by atoms with Gasteiger partial charge in [0.15, 0.2) is 11.6 Å². The summed E-state index contributed by atoms with van der Waals surface area (Å²) >= 11 is 0. The molecule has 0 saturated carbocycles. The summed E-state index contributed by atoms with van der Waals surface area (Å²) in [5.74, 6) is -0.221. The van der Waals surface area contributed by atoms with Gasteiger partial charge in [-0.1, -0.05) is 12.1 Å². The number of hydrogen-bond donors (Lipinski definition) is 2. The van der Waals surface area contributed by atoms with E-state index in [1.807, 2.05) is 0 Å². The van der Waals surface area contributed by atoms with E-state index in [1.54, 1.807) is 18.2 Å². The molecule has 1 heterocycles. The molecule has 0 bridgehead atoms. The van der Waals surface area contributed by atoms with Crippen LogP contribution in [0.1, 0.15) is 19.8 Å². The summed E-state index contributed by atoms with van der Waals surface area (Å²) in [6.07, 6.45) is 1.92. The Labute approximate surface area is 125 Å². The van der Waals surface area contributed by atoms with Crippen LogP contribution in [0.25, 0.3) is 0 Å². The fourth-order valence-electron chi connectivity index (χ4n) is 2.56.